The Morgan fingerprint density at radius 2 is 2.00 bits per heavy atom. The maximum absolute atomic E-state index is 12.6. The molecular formula is C17H15N5O2. The van der Waals surface area contributed by atoms with E-state index in [1.807, 2.05) is 13.0 Å². The van der Waals surface area contributed by atoms with Crippen molar-refractivity contribution in [1.82, 2.24) is 14.1 Å². The van der Waals surface area contributed by atoms with Crippen molar-refractivity contribution in [2.24, 2.45) is 14.1 Å². The van der Waals surface area contributed by atoms with Crippen molar-refractivity contribution >= 4 is 22.6 Å². The molecule has 1 N–H and O–H groups in total. The van der Waals surface area contributed by atoms with Crippen LogP contribution in [0, 0.1) is 18.3 Å². The number of aryl methyl sites for hydroxylation is 3. The second kappa shape index (κ2) is 5.66. The third-order valence-electron chi connectivity index (χ3n) is 3.86. The van der Waals surface area contributed by atoms with Crippen LogP contribution in [0.4, 0.5) is 5.82 Å². The Labute approximate surface area is 137 Å². The van der Waals surface area contributed by atoms with Gasteiger partial charge in [0.15, 0.2) is 0 Å². The van der Waals surface area contributed by atoms with Crippen LogP contribution in [0.5, 0.6) is 0 Å². The highest BCUT2D eigenvalue weighted by Crippen LogP contribution is 2.21. The van der Waals surface area contributed by atoms with Crippen LogP contribution in [-0.4, -0.2) is 20.0 Å². The number of nitriles is 1. The average molecular weight is 321 g/mol. The average Bonchev–Trinajstić information content (AvgIpc) is 2.91. The topological polar surface area (TPSA) is 92.7 Å². The monoisotopic (exact) mass is 321 g/mol. The van der Waals surface area contributed by atoms with Gasteiger partial charge in [-0.05, 0) is 24.6 Å². The number of fused-ring (bicyclic) bond motifs is 1. The summed E-state index contributed by atoms with van der Waals surface area (Å²) < 4.78 is 3.24. The Kier molecular flexibility index (Phi) is 3.66. The van der Waals surface area contributed by atoms with E-state index in [0.717, 1.165) is 11.1 Å². The van der Waals surface area contributed by atoms with E-state index in [1.165, 1.54) is 10.8 Å². The van der Waals surface area contributed by atoms with Crippen molar-refractivity contribution in [1.29, 1.82) is 5.26 Å². The highest BCUT2D eigenvalue weighted by molar-refractivity contribution is 6.12. The quantitative estimate of drug-likeness (QED) is 0.777. The van der Waals surface area contributed by atoms with Gasteiger partial charge in [0.05, 0.1) is 22.0 Å². The van der Waals surface area contributed by atoms with Gasteiger partial charge in [-0.25, -0.2) is 4.98 Å². The molecule has 7 heteroatoms. The summed E-state index contributed by atoms with van der Waals surface area (Å²) in [6.45, 7) is 1.89. The molecule has 0 saturated heterocycles. The van der Waals surface area contributed by atoms with E-state index in [2.05, 4.69) is 10.3 Å². The Bertz CT molecular complexity index is 1050. The predicted molar refractivity (Wildman–Crippen MR) is 89.8 cm³/mol. The van der Waals surface area contributed by atoms with Crippen LogP contribution >= 0.6 is 0 Å². The molecule has 0 aromatic carbocycles. The number of carbonyl (C=O) groups excluding carboxylic acids is 1. The van der Waals surface area contributed by atoms with Gasteiger partial charge in [0, 0.05) is 32.7 Å². The number of pyridine rings is 2. The lowest BCUT2D eigenvalue weighted by Gasteiger charge is -2.05. The van der Waals surface area contributed by atoms with Crippen LogP contribution in [0.2, 0.25) is 0 Å². The lowest BCUT2D eigenvalue weighted by molar-refractivity contribution is 0.102. The van der Waals surface area contributed by atoms with E-state index >= 15 is 0 Å². The molecule has 3 aromatic heterocycles. The van der Waals surface area contributed by atoms with E-state index < -0.39 is 5.91 Å². The molecule has 120 valence electrons. The minimum absolute atomic E-state index is 0.228. The number of carbonyl (C=O) groups is 1. The van der Waals surface area contributed by atoms with Gasteiger partial charge < -0.3 is 14.5 Å². The minimum Gasteiger partial charge on any atom is -0.349 e. The van der Waals surface area contributed by atoms with Crippen LogP contribution in [0.25, 0.3) is 10.9 Å². The molecule has 1 amide bonds. The third-order valence-corrected chi connectivity index (χ3v) is 3.86. The molecule has 0 fully saturated rings. The Morgan fingerprint density at radius 1 is 1.25 bits per heavy atom. The summed E-state index contributed by atoms with van der Waals surface area (Å²) in [4.78, 5) is 29.1. The summed E-state index contributed by atoms with van der Waals surface area (Å²) >= 11 is 0. The number of amides is 1. The highest BCUT2D eigenvalue weighted by atomic mass is 16.2. The molecule has 0 bridgehead atoms. The van der Waals surface area contributed by atoms with Crippen molar-refractivity contribution in [3.63, 3.8) is 0 Å². The molecule has 0 aliphatic heterocycles. The zero-order valence-corrected chi connectivity index (χ0v) is 13.5. The summed E-state index contributed by atoms with van der Waals surface area (Å²) in [5, 5.41) is 11.8. The van der Waals surface area contributed by atoms with Gasteiger partial charge in [-0.15, -0.1) is 0 Å². The van der Waals surface area contributed by atoms with Gasteiger partial charge >= 0.3 is 0 Å². The van der Waals surface area contributed by atoms with E-state index in [-0.39, 0.29) is 5.56 Å². The van der Waals surface area contributed by atoms with Crippen molar-refractivity contribution in [2.75, 3.05) is 5.32 Å². The molecule has 0 atom stereocenters. The van der Waals surface area contributed by atoms with E-state index in [9.17, 15) is 9.59 Å². The standard InChI is InChI=1S/C17H15N5O2/c1-10-8-22(3)17(24)14-12(9-21(2)15(10)14)16(23)20-13-5-4-11(6-18)7-19-13/h4-5,7-9H,1-3H3,(H,19,20,23). The van der Waals surface area contributed by atoms with Crippen LogP contribution < -0.4 is 10.9 Å². The first-order valence-corrected chi connectivity index (χ1v) is 7.25. The second-order valence-corrected chi connectivity index (χ2v) is 5.60. The molecular weight excluding hydrogens is 306 g/mol. The number of hydrogen-bond acceptors (Lipinski definition) is 4. The van der Waals surface area contributed by atoms with E-state index in [1.54, 1.807) is 43.2 Å². The molecule has 0 saturated carbocycles. The minimum atomic E-state index is -0.416. The van der Waals surface area contributed by atoms with E-state index in [0.29, 0.717) is 22.3 Å². The highest BCUT2D eigenvalue weighted by Gasteiger charge is 2.19. The van der Waals surface area contributed by atoms with Gasteiger partial charge in [0.25, 0.3) is 11.5 Å². The van der Waals surface area contributed by atoms with Crippen LogP contribution in [0.3, 0.4) is 0 Å². The Morgan fingerprint density at radius 3 is 2.62 bits per heavy atom. The fraction of sp³-hybridized carbons (Fsp3) is 0.176. The van der Waals surface area contributed by atoms with E-state index in [4.69, 9.17) is 5.26 Å². The largest absolute Gasteiger partial charge is 0.349 e. The summed E-state index contributed by atoms with van der Waals surface area (Å²) in [5.41, 5.74) is 2.11. The van der Waals surface area contributed by atoms with Crippen molar-refractivity contribution in [3.8, 4) is 6.07 Å². The molecule has 3 aromatic rings. The lowest BCUT2D eigenvalue weighted by atomic mass is 10.1. The third kappa shape index (κ3) is 2.44. The smallest absolute Gasteiger partial charge is 0.260 e. The SMILES string of the molecule is Cc1cn(C)c(=O)c2c(C(=O)Nc3ccc(C#N)cn3)cn(C)c12. The number of hydrogen-bond donors (Lipinski definition) is 1. The summed E-state index contributed by atoms with van der Waals surface area (Å²) in [6.07, 6.45) is 4.76. The molecule has 0 unspecified atom stereocenters. The molecule has 3 heterocycles. The first kappa shape index (κ1) is 15.5. The van der Waals surface area contributed by atoms with Gasteiger partial charge in [-0.1, -0.05) is 0 Å². The Hall–Kier alpha value is -3.40. The van der Waals surface area contributed by atoms with Gasteiger partial charge in [0.2, 0.25) is 0 Å². The number of anilines is 1. The summed E-state index contributed by atoms with van der Waals surface area (Å²) in [7, 11) is 3.46. The number of nitrogens with one attached hydrogen (secondary N) is 1. The molecule has 0 radical (unpaired) electrons. The maximum Gasteiger partial charge on any atom is 0.260 e. The summed E-state index contributed by atoms with van der Waals surface area (Å²) in [5.74, 6) is -0.0963. The van der Waals surface area contributed by atoms with Crippen molar-refractivity contribution in [2.45, 2.75) is 6.92 Å². The molecule has 24 heavy (non-hydrogen) atoms. The molecule has 0 aliphatic rings. The second-order valence-electron chi connectivity index (χ2n) is 5.60. The summed E-state index contributed by atoms with van der Waals surface area (Å²) in [6, 6.07) is 5.07. The zero-order chi connectivity index (χ0) is 17.4. The van der Waals surface area contributed by atoms with Crippen LogP contribution in [0.1, 0.15) is 21.5 Å². The molecule has 7 nitrogen and oxygen atoms in total. The van der Waals surface area contributed by atoms with Crippen LogP contribution in [-0.2, 0) is 14.1 Å². The molecule has 3 rings (SSSR count). The van der Waals surface area contributed by atoms with Gasteiger partial charge in [0.1, 0.15) is 11.9 Å². The molecule has 0 spiro atoms. The lowest BCUT2D eigenvalue weighted by Crippen LogP contribution is -2.20. The number of aromatic nitrogens is 3. The van der Waals surface area contributed by atoms with Crippen molar-refractivity contribution in [3.05, 3.63) is 57.8 Å². The number of nitrogens with zero attached hydrogens (tertiary/aromatic N) is 4. The van der Waals surface area contributed by atoms with Gasteiger partial charge in [-0.3, -0.25) is 9.59 Å². The fourth-order valence-corrected chi connectivity index (χ4v) is 2.79. The first-order valence-electron chi connectivity index (χ1n) is 7.25. The van der Waals surface area contributed by atoms with Crippen LogP contribution in [0.15, 0.2) is 35.5 Å². The normalized spacial score (nSPS) is 10.6. The predicted octanol–water partition coefficient (Wildman–Crippen LogP) is 1.70. The number of rotatable bonds is 2. The zero-order valence-electron chi connectivity index (χ0n) is 13.5. The fourth-order valence-electron chi connectivity index (χ4n) is 2.79. The molecule has 0 aliphatic carbocycles. The Balaban J connectivity index is 2.07. The maximum atomic E-state index is 12.6. The first-order chi connectivity index (χ1) is 11.4. The van der Waals surface area contributed by atoms with Crippen molar-refractivity contribution < 1.29 is 4.79 Å². The van der Waals surface area contributed by atoms with Gasteiger partial charge in [-0.2, -0.15) is 5.26 Å².